The summed E-state index contributed by atoms with van der Waals surface area (Å²) in [5.41, 5.74) is 5.34. The van der Waals surface area contributed by atoms with Crippen molar-refractivity contribution < 1.29 is 42.3 Å². The van der Waals surface area contributed by atoms with Crippen molar-refractivity contribution >= 4 is 19.8 Å². The van der Waals surface area contributed by atoms with Crippen molar-refractivity contribution in [3.63, 3.8) is 0 Å². The number of hydrogen-bond acceptors (Lipinski definition) is 9. The van der Waals surface area contributed by atoms with Crippen LogP contribution in [0.25, 0.3) is 0 Å². The van der Waals surface area contributed by atoms with Gasteiger partial charge in [0, 0.05) is 19.4 Å². The largest absolute Gasteiger partial charge is 0.472 e. The Morgan fingerprint density at radius 2 is 1.20 bits per heavy atom. The van der Waals surface area contributed by atoms with Gasteiger partial charge in [-0.2, -0.15) is 0 Å². The minimum Gasteiger partial charge on any atom is -0.462 e. The van der Waals surface area contributed by atoms with E-state index in [0.717, 1.165) is 77.0 Å². The lowest BCUT2D eigenvalue weighted by molar-refractivity contribution is -0.161. The monoisotopic (exact) mass is 782 g/mol. The maximum absolute atomic E-state index is 12.6. The van der Waals surface area contributed by atoms with Crippen molar-refractivity contribution in [2.24, 2.45) is 5.73 Å². The molecule has 0 spiro atoms. The van der Waals surface area contributed by atoms with E-state index in [1.807, 2.05) is 0 Å². The molecule has 0 saturated carbocycles. The van der Waals surface area contributed by atoms with E-state index in [0.29, 0.717) is 25.0 Å². The number of ether oxygens (including phenoxy) is 3. The van der Waals surface area contributed by atoms with Crippen LogP contribution >= 0.6 is 7.82 Å². The second-order valence-corrected chi connectivity index (χ2v) is 15.7. The van der Waals surface area contributed by atoms with E-state index in [1.165, 1.54) is 51.4 Å². The minimum absolute atomic E-state index is 0.0435. The first-order chi connectivity index (χ1) is 26.3. The average molecular weight is 782 g/mol. The third-order valence-corrected chi connectivity index (χ3v) is 10.1. The van der Waals surface area contributed by atoms with Crippen LogP contribution in [0.4, 0.5) is 0 Å². The normalized spacial score (nSPS) is 17.6. The number of epoxide rings is 1. The minimum atomic E-state index is -4.39. The molecule has 1 fully saturated rings. The molecule has 0 aromatic carbocycles. The number of hydrogen-bond donors (Lipinski definition) is 2. The molecule has 10 nitrogen and oxygen atoms in total. The Kier molecular flexibility index (Phi) is 32.7. The molecule has 0 bridgehead atoms. The molecule has 0 radical (unpaired) electrons. The summed E-state index contributed by atoms with van der Waals surface area (Å²) in [6.45, 7) is 3.61. The molecule has 1 aliphatic heterocycles. The quantitative estimate of drug-likeness (QED) is 0.0204. The molecule has 312 valence electrons. The van der Waals surface area contributed by atoms with Gasteiger partial charge in [-0.3, -0.25) is 18.6 Å². The highest BCUT2D eigenvalue weighted by atomic mass is 31.2. The zero-order chi connectivity index (χ0) is 39.4. The van der Waals surface area contributed by atoms with Crippen molar-refractivity contribution in [1.29, 1.82) is 0 Å². The number of nitrogens with two attached hydrogens (primary N) is 1. The van der Waals surface area contributed by atoms with Crippen molar-refractivity contribution in [2.75, 3.05) is 26.4 Å². The lowest BCUT2D eigenvalue weighted by Gasteiger charge is -2.19. The van der Waals surface area contributed by atoms with Crippen LogP contribution < -0.4 is 5.73 Å². The maximum Gasteiger partial charge on any atom is 0.472 e. The Morgan fingerprint density at radius 1 is 0.667 bits per heavy atom. The fourth-order valence-corrected chi connectivity index (χ4v) is 6.59. The highest BCUT2D eigenvalue weighted by Crippen LogP contribution is 2.43. The Balaban J connectivity index is 2.21. The summed E-state index contributed by atoms with van der Waals surface area (Å²) in [6, 6.07) is 0. The third-order valence-electron chi connectivity index (χ3n) is 9.11. The Bertz CT molecular complexity index is 1090. The molecule has 1 rings (SSSR count). The molecule has 1 aliphatic rings. The first-order valence-corrected chi connectivity index (χ1v) is 22.7. The summed E-state index contributed by atoms with van der Waals surface area (Å²) in [4.78, 5) is 34.9. The van der Waals surface area contributed by atoms with Crippen LogP contribution in [0.1, 0.15) is 168 Å². The van der Waals surface area contributed by atoms with Crippen LogP contribution in [-0.2, 0) is 37.4 Å². The van der Waals surface area contributed by atoms with Crippen molar-refractivity contribution in [3.8, 4) is 0 Å². The van der Waals surface area contributed by atoms with Crippen LogP contribution in [-0.4, -0.2) is 61.5 Å². The number of carbonyl (C=O) groups excluding carboxylic acids is 2. The average Bonchev–Trinajstić information content (AvgIpc) is 3.91. The SMILES string of the molecule is CCCCC/C=C\C/C=C\C/C=C\CCCCCCC(=O)O[C@H](COC(=O)CCCCCCC/C=C\CC1OC1CCCCC)COP(=O)(O)OCCN. The van der Waals surface area contributed by atoms with Gasteiger partial charge in [-0.05, 0) is 77.0 Å². The van der Waals surface area contributed by atoms with Gasteiger partial charge >= 0.3 is 19.8 Å². The van der Waals surface area contributed by atoms with Crippen LogP contribution in [0, 0.1) is 0 Å². The van der Waals surface area contributed by atoms with E-state index in [4.69, 9.17) is 29.0 Å². The number of allylic oxidation sites excluding steroid dienone is 7. The highest BCUT2D eigenvalue weighted by Gasteiger charge is 2.36. The lowest BCUT2D eigenvalue weighted by Crippen LogP contribution is -2.29. The van der Waals surface area contributed by atoms with Gasteiger partial charge in [0.15, 0.2) is 6.10 Å². The molecule has 0 aliphatic carbocycles. The van der Waals surface area contributed by atoms with Crippen molar-refractivity contribution in [3.05, 3.63) is 48.6 Å². The van der Waals surface area contributed by atoms with E-state index >= 15 is 0 Å². The molecule has 3 N–H and O–H groups in total. The molecule has 1 heterocycles. The maximum atomic E-state index is 12.6. The number of phosphoric ester groups is 1. The number of esters is 2. The van der Waals surface area contributed by atoms with E-state index < -0.39 is 32.5 Å². The standard InChI is InChI=1S/C43H76NO9P/c1-3-5-7-8-9-10-11-12-13-14-15-16-17-18-23-26-30-34-43(46)52-39(38-51-54(47,48)50-36-35-44)37-49-42(45)33-29-25-22-20-19-21-24-28-32-41-40(53-41)31-27-6-4-2/h9-10,12-13,15-16,24,28,39-41H,3-8,11,14,17-23,25-27,29-38,44H2,1-2H3,(H,47,48)/b10-9-,13-12-,16-15-,28-24-/t39-,40?,41?/m1/s1. The molecule has 0 aromatic heterocycles. The summed E-state index contributed by atoms with van der Waals surface area (Å²) in [6.07, 6.45) is 41.6. The van der Waals surface area contributed by atoms with E-state index in [1.54, 1.807) is 0 Å². The van der Waals surface area contributed by atoms with Crippen molar-refractivity contribution in [1.82, 2.24) is 0 Å². The fourth-order valence-electron chi connectivity index (χ4n) is 5.82. The zero-order valence-corrected chi connectivity index (χ0v) is 34.8. The number of rotatable bonds is 38. The molecule has 0 amide bonds. The predicted octanol–water partition coefficient (Wildman–Crippen LogP) is 10.9. The van der Waals surface area contributed by atoms with Gasteiger partial charge in [0.25, 0.3) is 0 Å². The summed E-state index contributed by atoms with van der Waals surface area (Å²) in [5, 5.41) is 0. The summed E-state index contributed by atoms with van der Waals surface area (Å²) in [5.74, 6) is -0.878. The molecule has 54 heavy (non-hydrogen) atoms. The fraction of sp³-hybridized carbons (Fsp3) is 0.767. The molecule has 4 atom stereocenters. The Morgan fingerprint density at radius 3 is 1.83 bits per heavy atom. The van der Waals surface area contributed by atoms with Crippen molar-refractivity contribution in [2.45, 2.75) is 186 Å². The molecule has 0 aromatic rings. The van der Waals surface area contributed by atoms with Gasteiger partial charge in [0.2, 0.25) is 0 Å². The van der Waals surface area contributed by atoms with E-state index in [9.17, 15) is 19.0 Å². The molecular formula is C43H76NO9P. The second-order valence-electron chi connectivity index (χ2n) is 14.2. The van der Waals surface area contributed by atoms with Gasteiger partial charge < -0.3 is 24.8 Å². The van der Waals surface area contributed by atoms with Gasteiger partial charge in [-0.15, -0.1) is 0 Å². The first kappa shape index (κ1) is 49.9. The zero-order valence-electron chi connectivity index (χ0n) is 33.9. The van der Waals surface area contributed by atoms with Crippen LogP contribution in [0.3, 0.4) is 0 Å². The summed E-state index contributed by atoms with van der Waals surface area (Å²) < 4.78 is 38.5. The molecule has 3 unspecified atom stereocenters. The summed E-state index contributed by atoms with van der Waals surface area (Å²) >= 11 is 0. The Labute approximate surface area is 328 Å². The topological polar surface area (TPSA) is 147 Å². The third kappa shape index (κ3) is 32.2. The van der Waals surface area contributed by atoms with Gasteiger partial charge in [0.1, 0.15) is 6.61 Å². The van der Waals surface area contributed by atoms with Crippen LogP contribution in [0.15, 0.2) is 48.6 Å². The van der Waals surface area contributed by atoms with Gasteiger partial charge in [-0.1, -0.05) is 127 Å². The number of carbonyl (C=O) groups is 2. The van der Waals surface area contributed by atoms with Crippen LogP contribution in [0.2, 0.25) is 0 Å². The smallest absolute Gasteiger partial charge is 0.462 e. The Hall–Kier alpha value is -2.07. The predicted molar refractivity (Wildman–Crippen MR) is 219 cm³/mol. The highest BCUT2D eigenvalue weighted by molar-refractivity contribution is 7.47. The molecular weight excluding hydrogens is 705 g/mol. The van der Waals surface area contributed by atoms with Gasteiger partial charge in [-0.25, -0.2) is 4.57 Å². The second kappa shape index (κ2) is 35.4. The molecule has 1 saturated heterocycles. The van der Waals surface area contributed by atoms with Crippen LogP contribution in [0.5, 0.6) is 0 Å². The lowest BCUT2D eigenvalue weighted by atomic mass is 10.1. The first-order valence-electron chi connectivity index (χ1n) is 21.2. The van der Waals surface area contributed by atoms with E-state index in [2.05, 4.69) is 62.5 Å². The van der Waals surface area contributed by atoms with E-state index in [-0.39, 0.29) is 32.6 Å². The number of phosphoric acid groups is 1. The molecule has 11 heteroatoms. The van der Waals surface area contributed by atoms with Gasteiger partial charge in [0.05, 0.1) is 25.4 Å². The number of unbranched alkanes of at least 4 members (excludes halogenated alkanes) is 14. The summed E-state index contributed by atoms with van der Waals surface area (Å²) in [7, 11) is -4.39.